The van der Waals surface area contributed by atoms with Gasteiger partial charge in [0.15, 0.2) is 11.6 Å². The average Bonchev–Trinajstić information content (AvgIpc) is 2.68. The number of benzene rings is 2. The van der Waals surface area contributed by atoms with Crippen molar-refractivity contribution >= 4 is 15.6 Å². The molecule has 1 N–H and O–H groups in total. The Morgan fingerprint density at radius 3 is 2.53 bits per heavy atom. The molecule has 0 amide bonds. The van der Waals surface area contributed by atoms with Crippen LogP contribution in [0.25, 0.3) is 5.57 Å². The maximum Gasteiger partial charge on any atom is 0.264 e. The van der Waals surface area contributed by atoms with Crippen LogP contribution in [0.15, 0.2) is 59.6 Å². The smallest absolute Gasteiger partial charge is 0.264 e. The number of ether oxygens (including phenoxy) is 1. The zero-order chi connectivity index (χ0) is 21.9. The maximum absolute atomic E-state index is 14.5. The zero-order valence-electron chi connectivity index (χ0n) is 16.4. The Kier molecular flexibility index (Phi) is 6.55. The highest BCUT2D eigenvalue weighted by Crippen LogP contribution is 2.34. The minimum Gasteiger partial charge on any atom is -0.490 e. The van der Waals surface area contributed by atoms with Crippen LogP contribution in [0.4, 0.5) is 13.2 Å². The van der Waals surface area contributed by atoms with Gasteiger partial charge in [-0.1, -0.05) is 24.8 Å². The summed E-state index contributed by atoms with van der Waals surface area (Å²) in [4.78, 5) is -0.820. The first kappa shape index (κ1) is 22.0. The van der Waals surface area contributed by atoms with Crippen molar-refractivity contribution in [2.75, 3.05) is 6.61 Å². The molecule has 1 aliphatic rings. The maximum atomic E-state index is 14.5. The van der Waals surface area contributed by atoms with Crippen LogP contribution < -0.4 is 9.46 Å². The van der Waals surface area contributed by atoms with Gasteiger partial charge in [-0.2, -0.15) is 0 Å². The van der Waals surface area contributed by atoms with E-state index in [1.807, 2.05) is 10.8 Å². The number of allylic oxidation sites excluding steroid dienone is 2. The van der Waals surface area contributed by atoms with E-state index in [1.165, 1.54) is 19.1 Å². The molecule has 2 aromatic carbocycles. The van der Waals surface area contributed by atoms with Crippen molar-refractivity contribution in [3.63, 3.8) is 0 Å². The zero-order valence-corrected chi connectivity index (χ0v) is 17.2. The van der Waals surface area contributed by atoms with Crippen LogP contribution >= 0.6 is 0 Å². The summed E-state index contributed by atoms with van der Waals surface area (Å²) >= 11 is 0. The van der Waals surface area contributed by atoms with E-state index in [2.05, 4.69) is 6.58 Å². The van der Waals surface area contributed by atoms with Crippen LogP contribution in [0.1, 0.15) is 31.7 Å². The number of hydrogen-bond acceptors (Lipinski definition) is 3. The lowest BCUT2D eigenvalue weighted by atomic mass is 9.84. The van der Waals surface area contributed by atoms with Gasteiger partial charge in [-0.3, -0.25) is 4.72 Å². The first-order valence-corrected chi connectivity index (χ1v) is 10.9. The van der Waals surface area contributed by atoms with Crippen molar-refractivity contribution in [1.82, 2.24) is 4.72 Å². The number of halogens is 3. The van der Waals surface area contributed by atoms with Gasteiger partial charge in [0, 0.05) is 23.7 Å². The highest BCUT2D eigenvalue weighted by Gasteiger charge is 2.24. The summed E-state index contributed by atoms with van der Waals surface area (Å²) < 4.78 is 73.8. The van der Waals surface area contributed by atoms with Gasteiger partial charge in [-0.25, -0.2) is 21.6 Å². The standard InChI is InChI=1S/C22H22F3NO3S/c1-14(2)26-30(27,28)22-12-19(24)21(11-20(22)25)29-13-16-5-3-4-6-18(16)15-7-9-17(23)10-8-15/h6-12,16,26H,1,3-5,13H2,2H3. The van der Waals surface area contributed by atoms with Crippen molar-refractivity contribution in [3.8, 4) is 5.75 Å². The summed E-state index contributed by atoms with van der Waals surface area (Å²) in [6.45, 7) is 4.86. The van der Waals surface area contributed by atoms with Gasteiger partial charge in [0.2, 0.25) is 0 Å². The molecule has 8 heteroatoms. The normalized spacial score (nSPS) is 16.7. The van der Waals surface area contributed by atoms with E-state index in [1.54, 1.807) is 12.1 Å². The van der Waals surface area contributed by atoms with Gasteiger partial charge in [0.25, 0.3) is 10.0 Å². The molecule has 0 radical (unpaired) electrons. The first-order chi connectivity index (χ1) is 14.2. The Balaban J connectivity index is 1.79. The van der Waals surface area contributed by atoms with Gasteiger partial charge in [0.05, 0.1) is 6.61 Å². The van der Waals surface area contributed by atoms with Crippen molar-refractivity contribution in [3.05, 3.63) is 77.8 Å². The van der Waals surface area contributed by atoms with Crippen molar-refractivity contribution in [2.24, 2.45) is 5.92 Å². The molecule has 1 aliphatic carbocycles. The molecule has 0 heterocycles. The Morgan fingerprint density at radius 1 is 1.17 bits per heavy atom. The predicted octanol–water partition coefficient (Wildman–Crippen LogP) is 5.18. The largest absolute Gasteiger partial charge is 0.490 e. The molecule has 0 spiro atoms. The van der Waals surface area contributed by atoms with E-state index >= 15 is 0 Å². The van der Waals surface area contributed by atoms with Gasteiger partial charge < -0.3 is 4.74 Å². The Morgan fingerprint density at radius 2 is 1.87 bits per heavy atom. The Hall–Kier alpha value is -2.74. The summed E-state index contributed by atoms with van der Waals surface area (Å²) in [6.07, 6.45) is 4.61. The fraction of sp³-hybridized carbons (Fsp3) is 0.273. The van der Waals surface area contributed by atoms with Gasteiger partial charge in [-0.15, -0.1) is 0 Å². The monoisotopic (exact) mass is 437 g/mol. The fourth-order valence-electron chi connectivity index (χ4n) is 3.41. The van der Waals surface area contributed by atoms with Crippen LogP contribution in [-0.4, -0.2) is 15.0 Å². The van der Waals surface area contributed by atoms with Gasteiger partial charge in [-0.05, 0) is 49.5 Å². The lowest BCUT2D eigenvalue weighted by molar-refractivity contribution is 0.255. The molecule has 0 saturated heterocycles. The van der Waals surface area contributed by atoms with E-state index in [-0.39, 0.29) is 29.8 Å². The molecule has 0 fully saturated rings. The topological polar surface area (TPSA) is 55.4 Å². The summed E-state index contributed by atoms with van der Waals surface area (Å²) in [5, 5.41) is 0. The predicted molar refractivity (Wildman–Crippen MR) is 109 cm³/mol. The third-order valence-electron chi connectivity index (χ3n) is 4.76. The molecule has 2 aromatic rings. The number of nitrogens with one attached hydrogen (secondary N) is 1. The van der Waals surface area contributed by atoms with Crippen LogP contribution in [0.2, 0.25) is 0 Å². The lowest BCUT2D eigenvalue weighted by Gasteiger charge is -2.25. The molecular weight excluding hydrogens is 415 g/mol. The van der Waals surface area contributed by atoms with E-state index < -0.39 is 26.6 Å². The summed E-state index contributed by atoms with van der Waals surface area (Å²) in [5.74, 6) is -2.90. The van der Waals surface area contributed by atoms with Crippen LogP contribution in [-0.2, 0) is 10.0 Å². The average molecular weight is 437 g/mol. The van der Waals surface area contributed by atoms with E-state index in [4.69, 9.17) is 4.74 Å². The summed E-state index contributed by atoms with van der Waals surface area (Å²) in [5.41, 5.74) is 1.89. The van der Waals surface area contributed by atoms with E-state index in [0.29, 0.717) is 6.07 Å². The Labute approximate surface area is 174 Å². The molecule has 0 aliphatic heterocycles. The van der Waals surface area contributed by atoms with Crippen molar-refractivity contribution < 1.29 is 26.3 Å². The molecular formula is C22H22F3NO3S. The SMILES string of the molecule is C=C(C)NS(=O)(=O)c1cc(F)c(OCC2CCCC=C2c2ccc(F)cc2)cc1F. The molecule has 1 unspecified atom stereocenters. The fourth-order valence-corrected chi connectivity index (χ4v) is 4.56. The molecule has 4 nitrogen and oxygen atoms in total. The van der Waals surface area contributed by atoms with E-state index in [0.717, 1.165) is 36.5 Å². The second kappa shape index (κ2) is 8.95. The van der Waals surface area contributed by atoms with Gasteiger partial charge in [0.1, 0.15) is 16.5 Å². The van der Waals surface area contributed by atoms with Crippen LogP contribution in [0.3, 0.4) is 0 Å². The summed E-state index contributed by atoms with van der Waals surface area (Å²) in [7, 11) is -4.27. The number of hydrogen-bond donors (Lipinski definition) is 1. The van der Waals surface area contributed by atoms with Crippen molar-refractivity contribution in [2.45, 2.75) is 31.1 Å². The molecule has 0 bridgehead atoms. The minimum atomic E-state index is -4.27. The second-order valence-corrected chi connectivity index (χ2v) is 8.85. The molecule has 0 aromatic heterocycles. The highest BCUT2D eigenvalue weighted by molar-refractivity contribution is 7.89. The third kappa shape index (κ3) is 5.05. The highest BCUT2D eigenvalue weighted by atomic mass is 32.2. The molecule has 1 atom stereocenters. The lowest BCUT2D eigenvalue weighted by Crippen LogP contribution is -2.23. The van der Waals surface area contributed by atoms with Crippen LogP contribution in [0, 0.1) is 23.4 Å². The van der Waals surface area contributed by atoms with Gasteiger partial charge >= 0.3 is 0 Å². The number of rotatable bonds is 7. The first-order valence-electron chi connectivity index (χ1n) is 9.43. The molecule has 30 heavy (non-hydrogen) atoms. The Bertz CT molecular complexity index is 1080. The number of sulfonamides is 1. The second-order valence-electron chi connectivity index (χ2n) is 7.20. The summed E-state index contributed by atoms with van der Waals surface area (Å²) in [6, 6.07) is 7.41. The third-order valence-corrected chi connectivity index (χ3v) is 6.27. The molecule has 160 valence electrons. The van der Waals surface area contributed by atoms with E-state index in [9.17, 15) is 21.6 Å². The van der Waals surface area contributed by atoms with Crippen LogP contribution in [0.5, 0.6) is 5.75 Å². The minimum absolute atomic E-state index is 0.0764. The molecule has 3 rings (SSSR count). The van der Waals surface area contributed by atoms with Crippen molar-refractivity contribution in [1.29, 1.82) is 0 Å². The quantitative estimate of drug-likeness (QED) is 0.650. The molecule has 0 saturated carbocycles.